The molecule has 0 aromatic heterocycles. The molecule has 0 bridgehead atoms. The van der Waals surface area contributed by atoms with Gasteiger partial charge in [0, 0.05) is 5.56 Å². The van der Waals surface area contributed by atoms with E-state index < -0.39 is 5.97 Å². The van der Waals surface area contributed by atoms with Crippen LogP contribution in [0.2, 0.25) is 0 Å². The zero-order valence-corrected chi connectivity index (χ0v) is 10.1. The maximum atomic E-state index is 10.7. The molecule has 0 atom stereocenters. The van der Waals surface area contributed by atoms with E-state index in [1.54, 1.807) is 36.4 Å². The Hall–Kier alpha value is -2.62. The lowest BCUT2D eigenvalue weighted by Crippen LogP contribution is -1.98. The first kappa shape index (κ1) is 12.8. The first-order valence-electron chi connectivity index (χ1n) is 5.69. The topological polar surface area (TPSA) is 63.6 Å². The number of hydrogen-bond acceptors (Lipinski definition) is 3. The van der Waals surface area contributed by atoms with E-state index in [1.165, 1.54) is 12.1 Å². The van der Waals surface area contributed by atoms with Gasteiger partial charge in [-0.1, -0.05) is 12.1 Å². The van der Waals surface area contributed by atoms with Crippen LogP contribution >= 0.6 is 0 Å². The Bertz CT molecular complexity index is 570. The molecule has 0 aliphatic rings. The summed E-state index contributed by atoms with van der Waals surface area (Å²) < 4.78 is 5.53. The van der Waals surface area contributed by atoms with E-state index in [4.69, 9.17) is 9.84 Å². The summed E-state index contributed by atoms with van der Waals surface area (Å²) in [5, 5.41) is 8.77. The molecule has 4 nitrogen and oxygen atoms in total. The maximum absolute atomic E-state index is 10.7. The van der Waals surface area contributed by atoms with Gasteiger partial charge in [-0.15, -0.1) is 0 Å². The van der Waals surface area contributed by atoms with Gasteiger partial charge in [0.15, 0.2) is 0 Å². The van der Waals surface area contributed by atoms with E-state index in [2.05, 4.69) is 0 Å². The number of rotatable bonds is 5. The summed E-state index contributed by atoms with van der Waals surface area (Å²) in [6.45, 7) is 0.348. The Labute approximate surface area is 110 Å². The van der Waals surface area contributed by atoms with E-state index in [9.17, 15) is 9.59 Å². The predicted octanol–water partition coefficient (Wildman–Crippen LogP) is 2.78. The number of carbonyl (C=O) groups excluding carboxylic acids is 1. The molecule has 19 heavy (non-hydrogen) atoms. The molecule has 0 aliphatic heterocycles. The van der Waals surface area contributed by atoms with Gasteiger partial charge in [0.25, 0.3) is 0 Å². The lowest BCUT2D eigenvalue weighted by Gasteiger charge is -2.06. The van der Waals surface area contributed by atoms with Crippen LogP contribution in [0.25, 0.3) is 0 Å². The van der Waals surface area contributed by atoms with Crippen LogP contribution in [0.3, 0.4) is 0 Å². The van der Waals surface area contributed by atoms with Crippen LogP contribution in [-0.4, -0.2) is 17.4 Å². The third-order valence-corrected chi connectivity index (χ3v) is 2.62. The average molecular weight is 256 g/mol. The highest BCUT2D eigenvalue weighted by Crippen LogP contribution is 2.14. The number of hydrogen-bond donors (Lipinski definition) is 1. The summed E-state index contributed by atoms with van der Waals surface area (Å²) in [6, 6.07) is 13.3. The second kappa shape index (κ2) is 5.82. The SMILES string of the molecule is O=Cc1ccc(OCc2ccc(C(=O)O)cc2)cc1. The highest BCUT2D eigenvalue weighted by Gasteiger charge is 2.02. The lowest BCUT2D eigenvalue weighted by molar-refractivity contribution is 0.0696. The van der Waals surface area contributed by atoms with Crippen LogP contribution in [0.1, 0.15) is 26.3 Å². The molecule has 2 aromatic rings. The summed E-state index contributed by atoms with van der Waals surface area (Å²) in [6.07, 6.45) is 0.772. The molecule has 0 spiro atoms. The average Bonchev–Trinajstić information content (AvgIpc) is 2.46. The van der Waals surface area contributed by atoms with Gasteiger partial charge in [-0.25, -0.2) is 4.79 Å². The molecule has 1 N–H and O–H groups in total. The number of carboxylic acids is 1. The maximum Gasteiger partial charge on any atom is 0.335 e. The third kappa shape index (κ3) is 3.42. The van der Waals surface area contributed by atoms with Crippen molar-refractivity contribution < 1.29 is 19.4 Å². The highest BCUT2D eigenvalue weighted by atomic mass is 16.5. The van der Waals surface area contributed by atoms with Crippen molar-refractivity contribution in [3.63, 3.8) is 0 Å². The number of carbonyl (C=O) groups is 2. The van der Waals surface area contributed by atoms with Gasteiger partial charge in [-0.3, -0.25) is 4.79 Å². The first-order chi connectivity index (χ1) is 9.19. The van der Waals surface area contributed by atoms with Crippen molar-refractivity contribution in [1.29, 1.82) is 0 Å². The standard InChI is InChI=1S/C15H12O4/c16-9-11-3-7-14(8-4-11)19-10-12-1-5-13(6-2-12)15(17)18/h1-9H,10H2,(H,17,18). The Kier molecular flexibility index (Phi) is 3.93. The van der Waals surface area contributed by atoms with Crippen molar-refractivity contribution in [3.05, 3.63) is 65.2 Å². The molecule has 0 fully saturated rings. The van der Waals surface area contributed by atoms with Crippen molar-refractivity contribution in [2.24, 2.45) is 0 Å². The van der Waals surface area contributed by atoms with Gasteiger partial charge in [-0.05, 0) is 42.0 Å². The summed E-state index contributed by atoms with van der Waals surface area (Å²) in [4.78, 5) is 21.2. The predicted molar refractivity (Wildman–Crippen MR) is 69.6 cm³/mol. The van der Waals surface area contributed by atoms with Gasteiger partial charge in [0.05, 0.1) is 5.56 Å². The molecule has 0 unspecified atom stereocenters. The van der Waals surface area contributed by atoms with Gasteiger partial charge >= 0.3 is 5.97 Å². The van der Waals surface area contributed by atoms with Crippen LogP contribution in [0.4, 0.5) is 0 Å². The second-order valence-corrected chi connectivity index (χ2v) is 3.98. The number of aromatic carboxylic acids is 1. The molecular formula is C15H12O4. The van der Waals surface area contributed by atoms with E-state index in [1.807, 2.05) is 0 Å². The molecule has 0 amide bonds. The fraction of sp³-hybridized carbons (Fsp3) is 0.0667. The number of carboxylic acid groups (broad SMARTS) is 1. The van der Waals surface area contributed by atoms with Crippen molar-refractivity contribution in [2.45, 2.75) is 6.61 Å². The van der Waals surface area contributed by atoms with Gasteiger partial charge in [-0.2, -0.15) is 0 Å². The molecule has 2 aromatic carbocycles. The van der Waals surface area contributed by atoms with E-state index in [0.717, 1.165) is 11.8 Å². The fourth-order valence-electron chi connectivity index (χ4n) is 1.55. The van der Waals surface area contributed by atoms with E-state index in [-0.39, 0.29) is 5.56 Å². The van der Waals surface area contributed by atoms with Crippen LogP contribution in [0.15, 0.2) is 48.5 Å². The molecule has 4 heteroatoms. The van der Waals surface area contributed by atoms with E-state index in [0.29, 0.717) is 17.9 Å². The molecule has 0 radical (unpaired) electrons. The van der Waals surface area contributed by atoms with Crippen molar-refractivity contribution in [3.8, 4) is 5.75 Å². The molecule has 0 heterocycles. The molecule has 2 rings (SSSR count). The summed E-state index contributed by atoms with van der Waals surface area (Å²) >= 11 is 0. The fourth-order valence-corrected chi connectivity index (χ4v) is 1.55. The van der Waals surface area contributed by atoms with Gasteiger partial charge in [0.2, 0.25) is 0 Å². The number of ether oxygens (including phenoxy) is 1. The second-order valence-electron chi connectivity index (χ2n) is 3.98. The molecular weight excluding hydrogens is 244 g/mol. The normalized spacial score (nSPS) is 9.89. The van der Waals surface area contributed by atoms with Crippen LogP contribution in [0.5, 0.6) is 5.75 Å². The summed E-state index contributed by atoms with van der Waals surface area (Å²) in [5.74, 6) is -0.287. The summed E-state index contributed by atoms with van der Waals surface area (Å²) in [7, 11) is 0. The molecule has 0 saturated carbocycles. The van der Waals surface area contributed by atoms with Crippen molar-refractivity contribution >= 4 is 12.3 Å². The highest BCUT2D eigenvalue weighted by molar-refractivity contribution is 5.87. The Morgan fingerprint density at radius 1 is 1.05 bits per heavy atom. The minimum absolute atomic E-state index is 0.249. The van der Waals surface area contributed by atoms with Crippen LogP contribution < -0.4 is 4.74 Å². The Balaban J connectivity index is 1.97. The number of aldehydes is 1. The Morgan fingerprint density at radius 3 is 2.21 bits per heavy atom. The molecule has 96 valence electrons. The Morgan fingerprint density at radius 2 is 1.68 bits per heavy atom. The zero-order valence-electron chi connectivity index (χ0n) is 10.1. The first-order valence-corrected chi connectivity index (χ1v) is 5.69. The van der Waals surface area contributed by atoms with Crippen molar-refractivity contribution in [1.82, 2.24) is 0 Å². The van der Waals surface area contributed by atoms with Crippen LogP contribution in [-0.2, 0) is 6.61 Å². The smallest absolute Gasteiger partial charge is 0.335 e. The molecule has 0 aliphatic carbocycles. The lowest BCUT2D eigenvalue weighted by atomic mass is 10.1. The molecule has 0 saturated heterocycles. The minimum Gasteiger partial charge on any atom is -0.489 e. The zero-order chi connectivity index (χ0) is 13.7. The monoisotopic (exact) mass is 256 g/mol. The largest absolute Gasteiger partial charge is 0.489 e. The van der Waals surface area contributed by atoms with Crippen LogP contribution in [0, 0.1) is 0 Å². The van der Waals surface area contributed by atoms with Gasteiger partial charge in [0.1, 0.15) is 18.6 Å². The quantitative estimate of drug-likeness (QED) is 0.835. The van der Waals surface area contributed by atoms with Crippen molar-refractivity contribution in [2.75, 3.05) is 0 Å². The summed E-state index contributed by atoms with van der Waals surface area (Å²) in [5.41, 5.74) is 1.72. The van der Waals surface area contributed by atoms with Gasteiger partial charge < -0.3 is 9.84 Å². The van der Waals surface area contributed by atoms with E-state index >= 15 is 0 Å². The third-order valence-electron chi connectivity index (χ3n) is 2.62. The minimum atomic E-state index is -0.947. The number of benzene rings is 2.